The number of aliphatic hydroxyl groups is 3. The van der Waals surface area contributed by atoms with Crippen LogP contribution in [0.2, 0.25) is 0 Å². The first kappa shape index (κ1) is 54.3. The Labute approximate surface area is 388 Å². The van der Waals surface area contributed by atoms with Gasteiger partial charge in [-0.2, -0.15) is 0 Å². The van der Waals surface area contributed by atoms with E-state index < -0.39 is 71.8 Å². The van der Waals surface area contributed by atoms with Crippen molar-refractivity contribution in [3.8, 4) is 0 Å². The third-order valence-electron chi connectivity index (χ3n) is 14.7. The SMILES string of the molecule is C=C1[C@H](C)C[C@H](C)/C=C/C=C/C=C(\C)[C@@H](OC)CC2CC[C@@H](C)[C@@](O)(O2)C(=O)C(=O)N2CCCC[C@H]2C(=O)O[C@H](C(C)CC2CC[C@@H](O)[C@H](OC)C2)CC(=O)[C@H](C)/C=C(\C)[C@@H](O)[C@H]1OC. The van der Waals surface area contributed by atoms with Crippen LogP contribution in [0.3, 0.4) is 0 Å². The second-order valence-electron chi connectivity index (χ2n) is 19.8. The topological polar surface area (TPSA) is 178 Å². The number of rotatable bonds is 6. The Kier molecular flexibility index (Phi) is 21.0. The molecule has 3 fully saturated rings. The van der Waals surface area contributed by atoms with Gasteiger partial charge in [-0.1, -0.05) is 77.7 Å². The zero-order chi connectivity index (χ0) is 48.2. The van der Waals surface area contributed by atoms with Crippen LogP contribution in [0.1, 0.15) is 126 Å². The van der Waals surface area contributed by atoms with E-state index in [1.807, 2.05) is 38.2 Å². The standard InChI is InChI=1S/C52H81NO12/c1-31-17-13-12-14-18-32(2)44(61-9)29-40-22-20-37(7)52(60,65-40)49(57)50(58)53-24-16-15-19-41(53)51(59)64-45(35(5)27-39-21-23-42(54)46(28-39)62-10)30-43(55)34(4)26-36(6)47(56)48(63-11)38(8)33(3)25-31/h12-14,17-18,26,31,33-35,37,39-42,44-48,54,56,60H,8,15-16,19-25,27-30H2,1-7,9-11H3/b14-12+,17-13+,32-18+,36-26+/t31-,33-,34-,35?,37-,39?,40?,41+,42-,44+,45+,46-,47-,48+,52-/m1/s1. The lowest BCUT2D eigenvalue weighted by Crippen LogP contribution is -2.61. The maximum absolute atomic E-state index is 14.4. The predicted molar refractivity (Wildman–Crippen MR) is 249 cm³/mol. The maximum Gasteiger partial charge on any atom is 0.329 e. The molecule has 2 bridgehead atoms. The van der Waals surface area contributed by atoms with Crippen molar-refractivity contribution in [1.29, 1.82) is 0 Å². The fraction of sp³-hybridized carbons (Fsp3) is 0.731. The first-order valence-corrected chi connectivity index (χ1v) is 24.1. The number of piperidine rings is 1. The molecule has 366 valence electrons. The Morgan fingerprint density at radius 3 is 2.28 bits per heavy atom. The number of methoxy groups -OCH3 is 3. The summed E-state index contributed by atoms with van der Waals surface area (Å²) in [6.07, 6.45) is 13.0. The molecule has 1 amide bonds. The summed E-state index contributed by atoms with van der Waals surface area (Å²) in [6.45, 7) is 17.7. The molecule has 3 N–H and O–H groups in total. The number of hydrogen-bond acceptors (Lipinski definition) is 12. The molecular formula is C52H81NO12. The molecule has 13 nitrogen and oxygen atoms in total. The third-order valence-corrected chi connectivity index (χ3v) is 14.7. The van der Waals surface area contributed by atoms with Crippen LogP contribution in [0.4, 0.5) is 0 Å². The summed E-state index contributed by atoms with van der Waals surface area (Å²) in [5.74, 6) is -6.81. The van der Waals surface area contributed by atoms with E-state index in [1.54, 1.807) is 41.1 Å². The van der Waals surface area contributed by atoms with E-state index in [9.17, 15) is 34.5 Å². The van der Waals surface area contributed by atoms with Crippen LogP contribution in [0.15, 0.2) is 59.8 Å². The zero-order valence-corrected chi connectivity index (χ0v) is 40.9. The van der Waals surface area contributed by atoms with Gasteiger partial charge in [0, 0.05) is 52.6 Å². The number of carbonyl (C=O) groups excluding carboxylic acids is 4. The smallest absolute Gasteiger partial charge is 0.329 e. The summed E-state index contributed by atoms with van der Waals surface area (Å²) >= 11 is 0. The fourth-order valence-electron chi connectivity index (χ4n) is 10.2. The highest BCUT2D eigenvalue weighted by molar-refractivity contribution is 6.39. The summed E-state index contributed by atoms with van der Waals surface area (Å²) in [4.78, 5) is 58.2. The molecule has 0 radical (unpaired) electrons. The molecule has 1 saturated carbocycles. The molecule has 3 unspecified atom stereocenters. The number of fused-ring (bicyclic) bond motifs is 3. The Morgan fingerprint density at radius 1 is 0.877 bits per heavy atom. The van der Waals surface area contributed by atoms with Crippen molar-refractivity contribution in [3.63, 3.8) is 0 Å². The number of allylic oxidation sites excluding steroid dienone is 6. The summed E-state index contributed by atoms with van der Waals surface area (Å²) in [7, 11) is 4.71. The Morgan fingerprint density at radius 2 is 1.60 bits per heavy atom. The van der Waals surface area contributed by atoms with Crippen LogP contribution >= 0.6 is 0 Å². The lowest BCUT2D eigenvalue weighted by Gasteiger charge is -2.42. The maximum atomic E-state index is 14.4. The third kappa shape index (κ3) is 14.4. The Bertz CT molecular complexity index is 1750. The van der Waals surface area contributed by atoms with Gasteiger partial charge in [0.05, 0.1) is 24.4 Å². The van der Waals surface area contributed by atoms with Gasteiger partial charge >= 0.3 is 5.97 Å². The molecular weight excluding hydrogens is 831 g/mol. The lowest BCUT2D eigenvalue weighted by molar-refractivity contribution is -0.265. The number of Topliss-reactive ketones (excluding diaryl/α,β-unsaturated/α-hetero) is 2. The molecule has 65 heavy (non-hydrogen) atoms. The minimum atomic E-state index is -2.41. The number of esters is 1. The molecule has 4 aliphatic rings. The summed E-state index contributed by atoms with van der Waals surface area (Å²) in [5.41, 5.74) is 2.20. The van der Waals surface area contributed by atoms with E-state index in [0.717, 1.165) is 24.0 Å². The highest BCUT2D eigenvalue weighted by atomic mass is 16.6. The van der Waals surface area contributed by atoms with E-state index in [4.69, 9.17) is 23.7 Å². The van der Waals surface area contributed by atoms with Gasteiger partial charge in [-0.25, -0.2) is 4.79 Å². The number of hydrogen-bond donors (Lipinski definition) is 3. The predicted octanol–water partition coefficient (Wildman–Crippen LogP) is 7.17. The average Bonchev–Trinajstić information content (AvgIpc) is 3.28. The number of amides is 1. The van der Waals surface area contributed by atoms with Gasteiger partial charge in [-0.05, 0) is 118 Å². The molecule has 0 spiro atoms. The summed E-state index contributed by atoms with van der Waals surface area (Å²) in [6, 6.07) is -1.12. The number of ketones is 2. The van der Waals surface area contributed by atoms with Gasteiger partial charge < -0.3 is 43.9 Å². The van der Waals surface area contributed by atoms with E-state index in [1.165, 1.54) is 12.0 Å². The van der Waals surface area contributed by atoms with Crippen LogP contribution in [0, 0.1) is 35.5 Å². The normalized spacial score (nSPS) is 40.4. The van der Waals surface area contributed by atoms with Crippen molar-refractivity contribution >= 4 is 23.4 Å². The van der Waals surface area contributed by atoms with E-state index >= 15 is 0 Å². The molecule has 13 heteroatoms. The van der Waals surface area contributed by atoms with Gasteiger partial charge in [0.15, 0.2) is 0 Å². The van der Waals surface area contributed by atoms with Crippen molar-refractivity contribution in [2.75, 3.05) is 27.9 Å². The Hall–Kier alpha value is -3.30. The van der Waals surface area contributed by atoms with Crippen LogP contribution in [-0.2, 0) is 42.9 Å². The van der Waals surface area contributed by atoms with E-state index in [-0.39, 0.29) is 61.0 Å². The van der Waals surface area contributed by atoms with Crippen molar-refractivity contribution in [2.24, 2.45) is 35.5 Å². The molecule has 4 rings (SSSR count). The van der Waals surface area contributed by atoms with Crippen molar-refractivity contribution < 1.29 is 58.2 Å². The summed E-state index contributed by atoms with van der Waals surface area (Å²) in [5, 5.41) is 34.0. The summed E-state index contributed by atoms with van der Waals surface area (Å²) < 4.78 is 29.7. The fourth-order valence-corrected chi connectivity index (χ4v) is 10.2. The zero-order valence-electron chi connectivity index (χ0n) is 40.9. The van der Waals surface area contributed by atoms with E-state index in [0.29, 0.717) is 56.9 Å². The van der Waals surface area contributed by atoms with E-state index in [2.05, 4.69) is 26.5 Å². The number of cyclic esters (lactones) is 1. The quantitative estimate of drug-likeness (QED) is 0.139. The molecule has 0 aromatic carbocycles. The molecule has 15 atom stereocenters. The van der Waals surface area contributed by atoms with Crippen LogP contribution in [-0.4, -0.2) is 126 Å². The minimum Gasteiger partial charge on any atom is -0.460 e. The lowest BCUT2D eigenvalue weighted by atomic mass is 9.78. The molecule has 0 aromatic heterocycles. The minimum absolute atomic E-state index is 0.00239. The first-order valence-electron chi connectivity index (χ1n) is 24.1. The van der Waals surface area contributed by atoms with Crippen LogP contribution < -0.4 is 0 Å². The van der Waals surface area contributed by atoms with Gasteiger partial charge in [0.25, 0.3) is 11.7 Å². The van der Waals surface area contributed by atoms with Crippen molar-refractivity contribution in [1.82, 2.24) is 4.90 Å². The highest BCUT2D eigenvalue weighted by Crippen LogP contribution is 2.38. The number of ether oxygens (including phenoxy) is 5. The van der Waals surface area contributed by atoms with Gasteiger partial charge in [0.1, 0.15) is 30.1 Å². The second kappa shape index (κ2) is 25.2. The molecule has 0 aromatic rings. The monoisotopic (exact) mass is 912 g/mol. The molecule has 1 aliphatic carbocycles. The van der Waals surface area contributed by atoms with Crippen molar-refractivity contribution in [3.05, 3.63) is 59.8 Å². The number of aliphatic hydroxyl groups excluding tert-OH is 2. The van der Waals surface area contributed by atoms with Gasteiger partial charge in [-0.15, -0.1) is 0 Å². The van der Waals surface area contributed by atoms with Crippen molar-refractivity contribution in [2.45, 2.75) is 180 Å². The second-order valence-corrected chi connectivity index (χ2v) is 19.8. The first-order chi connectivity index (χ1) is 30.7. The molecule has 3 aliphatic heterocycles. The van der Waals surface area contributed by atoms with Gasteiger partial charge in [-0.3, -0.25) is 14.4 Å². The Balaban J connectivity index is 1.70. The number of carbonyl (C=O) groups is 4. The number of nitrogens with zero attached hydrogens (tertiary/aromatic N) is 1. The molecule has 3 heterocycles. The van der Waals surface area contributed by atoms with Crippen LogP contribution in [0.5, 0.6) is 0 Å². The largest absolute Gasteiger partial charge is 0.460 e. The average molecular weight is 912 g/mol. The highest BCUT2D eigenvalue weighted by Gasteiger charge is 2.53. The molecule has 2 saturated heterocycles. The van der Waals surface area contributed by atoms with Crippen LogP contribution in [0.25, 0.3) is 0 Å². The van der Waals surface area contributed by atoms with Gasteiger partial charge in [0.2, 0.25) is 5.79 Å².